The van der Waals surface area contributed by atoms with Gasteiger partial charge in [0, 0.05) is 12.8 Å². The Labute approximate surface area is 146 Å². The van der Waals surface area contributed by atoms with Gasteiger partial charge in [0.2, 0.25) is 0 Å². The van der Waals surface area contributed by atoms with Crippen LogP contribution in [0.5, 0.6) is 0 Å². The van der Waals surface area contributed by atoms with Gasteiger partial charge >= 0.3 is 0 Å². The first-order valence-corrected chi connectivity index (χ1v) is 10.4. The van der Waals surface area contributed by atoms with E-state index in [1.807, 2.05) is 0 Å². The largest absolute Gasteiger partial charge is 0.393 e. The minimum Gasteiger partial charge on any atom is -0.393 e. The molecule has 3 nitrogen and oxygen atoms in total. The smallest absolute Gasteiger partial charge is 0.168 e. The molecule has 0 aromatic carbocycles. The van der Waals surface area contributed by atoms with E-state index in [2.05, 4.69) is 13.8 Å². The molecule has 1 N–H and O–H groups in total. The second kappa shape index (κ2) is 5.20. The predicted molar refractivity (Wildman–Crippen MR) is 92.4 cm³/mol. The number of aliphatic hydroxyl groups is 1. The van der Waals surface area contributed by atoms with Gasteiger partial charge in [0.1, 0.15) is 0 Å². The molecule has 1 saturated heterocycles. The molecule has 0 unspecified atom stereocenters. The maximum absolute atomic E-state index is 11.1. The van der Waals surface area contributed by atoms with E-state index in [1.54, 1.807) is 0 Å². The molecule has 3 heteroatoms. The van der Waals surface area contributed by atoms with Gasteiger partial charge in [-0.1, -0.05) is 20.3 Å². The minimum atomic E-state index is -0.367. The zero-order chi connectivity index (χ0) is 16.6. The summed E-state index contributed by atoms with van der Waals surface area (Å²) in [5, 5.41) is 11.1. The van der Waals surface area contributed by atoms with Crippen molar-refractivity contribution in [2.24, 2.45) is 34.5 Å². The molecule has 0 aromatic rings. The molecule has 1 heterocycles. The lowest BCUT2D eigenvalue weighted by atomic mass is 9.44. The molecule has 4 aliphatic carbocycles. The van der Waals surface area contributed by atoms with Crippen LogP contribution in [0.4, 0.5) is 0 Å². The Morgan fingerprint density at radius 3 is 2.46 bits per heavy atom. The number of hydrogen-bond donors (Lipinski definition) is 1. The van der Waals surface area contributed by atoms with E-state index in [9.17, 15) is 5.11 Å². The van der Waals surface area contributed by atoms with Crippen LogP contribution in [0, 0.1) is 34.5 Å². The van der Waals surface area contributed by atoms with E-state index in [1.165, 1.54) is 38.5 Å². The van der Waals surface area contributed by atoms with E-state index in [4.69, 9.17) is 9.47 Å². The van der Waals surface area contributed by atoms with E-state index >= 15 is 0 Å². The molecule has 5 rings (SSSR count). The average molecular weight is 335 g/mol. The Bertz CT molecular complexity index is 513. The summed E-state index contributed by atoms with van der Waals surface area (Å²) in [5.74, 6) is 2.41. The second-order valence-electron chi connectivity index (χ2n) is 10.2. The molecular weight excluding hydrogens is 300 g/mol. The fourth-order valence-corrected chi connectivity index (χ4v) is 7.98. The van der Waals surface area contributed by atoms with Crippen LogP contribution in [0.25, 0.3) is 0 Å². The fraction of sp³-hybridized carbons (Fsp3) is 1.00. The van der Waals surface area contributed by atoms with Crippen LogP contribution in [-0.2, 0) is 9.47 Å². The first kappa shape index (κ1) is 16.1. The lowest BCUT2D eigenvalue weighted by Gasteiger charge is -2.62. The third-order valence-corrected chi connectivity index (χ3v) is 9.28. The lowest BCUT2D eigenvalue weighted by Crippen LogP contribution is -2.59. The molecule has 5 fully saturated rings. The van der Waals surface area contributed by atoms with Gasteiger partial charge in [-0.15, -0.1) is 0 Å². The topological polar surface area (TPSA) is 38.7 Å². The van der Waals surface area contributed by atoms with E-state index in [0.29, 0.717) is 11.3 Å². The highest BCUT2D eigenvalue weighted by Crippen LogP contribution is 2.67. The minimum absolute atomic E-state index is 0.163. The summed E-state index contributed by atoms with van der Waals surface area (Å²) < 4.78 is 12.0. The van der Waals surface area contributed by atoms with E-state index < -0.39 is 0 Å². The van der Waals surface area contributed by atoms with Crippen molar-refractivity contribution in [1.82, 2.24) is 0 Å². The van der Waals surface area contributed by atoms with Crippen LogP contribution in [-0.4, -0.2) is 30.2 Å². The first-order chi connectivity index (χ1) is 11.5. The summed E-state index contributed by atoms with van der Waals surface area (Å²) >= 11 is 0. The summed E-state index contributed by atoms with van der Waals surface area (Å²) in [6.45, 7) is 6.49. The van der Waals surface area contributed by atoms with Crippen LogP contribution in [0.3, 0.4) is 0 Å². The molecular formula is C21H34O3. The van der Waals surface area contributed by atoms with Gasteiger partial charge in [0.25, 0.3) is 0 Å². The zero-order valence-electron chi connectivity index (χ0n) is 15.4. The second-order valence-corrected chi connectivity index (χ2v) is 10.2. The zero-order valence-corrected chi connectivity index (χ0v) is 15.4. The van der Waals surface area contributed by atoms with Gasteiger partial charge in [0.05, 0.1) is 19.3 Å². The number of aliphatic hydroxyl groups excluding tert-OH is 1. The van der Waals surface area contributed by atoms with Crippen molar-refractivity contribution in [1.29, 1.82) is 0 Å². The summed E-state index contributed by atoms with van der Waals surface area (Å²) in [5.41, 5.74) is 0.852. The molecule has 136 valence electrons. The lowest BCUT2D eigenvalue weighted by molar-refractivity contribution is -0.247. The van der Waals surface area contributed by atoms with Crippen molar-refractivity contribution in [3.8, 4) is 0 Å². The summed E-state index contributed by atoms with van der Waals surface area (Å²) in [6, 6.07) is 0. The van der Waals surface area contributed by atoms with Gasteiger partial charge in [-0.05, 0) is 73.0 Å². The van der Waals surface area contributed by atoms with Crippen molar-refractivity contribution in [2.75, 3.05) is 13.2 Å². The Morgan fingerprint density at radius 1 is 0.875 bits per heavy atom. The quantitative estimate of drug-likeness (QED) is 0.724. The molecule has 0 bridgehead atoms. The van der Waals surface area contributed by atoms with Crippen LogP contribution in [0.1, 0.15) is 71.6 Å². The first-order valence-electron chi connectivity index (χ1n) is 10.4. The molecule has 0 amide bonds. The number of rotatable bonds is 0. The third-order valence-electron chi connectivity index (χ3n) is 9.28. The highest BCUT2D eigenvalue weighted by Gasteiger charge is 2.62. The highest BCUT2D eigenvalue weighted by molar-refractivity contribution is 5.10. The third kappa shape index (κ3) is 2.07. The molecule has 0 aromatic heterocycles. The fourth-order valence-electron chi connectivity index (χ4n) is 7.98. The van der Waals surface area contributed by atoms with Crippen molar-refractivity contribution >= 4 is 0 Å². The maximum atomic E-state index is 11.1. The Morgan fingerprint density at radius 2 is 1.67 bits per heavy atom. The van der Waals surface area contributed by atoms with Crippen molar-refractivity contribution in [3.05, 3.63) is 0 Å². The van der Waals surface area contributed by atoms with Crippen molar-refractivity contribution in [2.45, 2.75) is 83.5 Å². The maximum Gasteiger partial charge on any atom is 0.168 e. The predicted octanol–water partition coefficient (Wildman–Crippen LogP) is 4.13. The van der Waals surface area contributed by atoms with Gasteiger partial charge < -0.3 is 14.6 Å². The number of fused-ring (bicyclic) bond motifs is 5. The van der Waals surface area contributed by atoms with Crippen LogP contribution in [0.15, 0.2) is 0 Å². The summed E-state index contributed by atoms with van der Waals surface area (Å²) in [4.78, 5) is 0. The molecule has 1 aliphatic heterocycles. The molecule has 0 radical (unpaired) electrons. The SMILES string of the molecule is C[C@]12CCC[C@@H]1[C@@H]1C[C@H](O)[C@H]3CC4(CC[C@@]3(C)[C@@H]1CC2)OCCO4. The highest BCUT2D eigenvalue weighted by atomic mass is 16.7. The average Bonchev–Trinajstić information content (AvgIpc) is 3.16. The molecule has 1 spiro atoms. The van der Waals surface area contributed by atoms with Gasteiger partial charge in [-0.2, -0.15) is 0 Å². The monoisotopic (exact) mass is 334 g/mol. The van der Waals surface area contributed by atoms with Crippen LogP contribution < -0.4 is 0 Å². The van der Waals surface area contributed by atoms with Gasteiger partial charge in [0.15, 0.2) is 5.79 Å². The van der Waals surface area contributed by atoms with E-state index in [0.717, 1.165) is 50.2 Å². The van der Waals surface area contributed by atoms with Crippen LogP contribution in [0.2, 0.25) is 0 Å². The summed E-state index contributed by atoms with van der Waals surface area (Å²) in [7, 11) is 0. The van der Waals surface area contributed by atoms with E-state index in [-0.39, 0.29) is 17.3 Å². The Balaban J connectivity index is 1.45. The van der Waals surface area contributed by atoms with Crippen molar-refractivity contribution < 1.29 is 14.6 Å². The molecule has 5 aliphatic rings. The van der Waals surface area contributed by atoms with Crippen LogP contribution >= 0.6 is 0 Å². The number of hydrogen-bond acceptors (Lipinski definition) is 3. The van der Waals surface area contributed by atoms with Gasteiger partial charge in [-0.25, -0.2) is 0 Å². The molecule has 7 atom stereocenters. The Hall–Kier alpha value is -0.120. The van der Waals surface area contributed by atoms with Gasteiger partial charge in [-0.3, -0.25) is 0 Å². The molecule has 4 saturated carbocycles. The normalized spacial score (nSPS) is 55.9. The van der Waals surface area contributed by atoms with Crippen molar-refractivity contribution in [3.63, 3.8) is 0 Å². The Kier molecular flexibility index (Phi) is 3.49. The number of ether oxygens (including phenoxy) is 2. The molecule has 24 heavy (non-hydrogen) atoms. The summed E-state index contributed by atoms with van der Waals surface area (Å²) in [6.07, 6.45) is 11.0. The standard InChI is InChI=1S/C21H34O3/c1-19-6-3-4-15(19)14-12-18(22)17-13-21(23-10-11-24-21)9-8-20(17,2)16(14)5-7-19/h14-18,22H,3-13H2,1-2H3/t14-,15+,16+,17+,18-,19+,20-/m0/s1.